The van der Waals surface area contributed by atoms with E-state index in [0.717, 1.165) is 5.56 Å². The SMILES string of the molecule is COC(=O)C1CC(O)(CCCCO)CC1C(=O)OCc1ccccc1. The lowest BCUT2D eigenvalue weighted by molar-refractivity contribution is -0.158. The minimum Gasteiger partial charge on any atom is -0.469 e. The summed E-state index contributed by atoms with van der Waals surface area (Å²) in [5.41, 5.74) is -0.244. The number of hydrogen-bond donors (Lipinski definition) is 2. The second-order valence-electron chi connectivity index (χ2n) is 6.64. The van der Waals surface area contributed by atoms with E-state index in [1.807, 2.05) is 30.3 Å². The van der Waals surface area contributed by atoms with Crippen LogP contribution in [0, 0.1) is 11.8 Å². The van der Waals surface area contributed by atoms with E-state index in [4.69, 9.17) is 14.6 Å². The van der Waals surface area contributed by atoms with Crippen molar-refractivity contribution in [2.75, 3.05) is 13.7 Å². The number of unbranched alkanes of at least 4 members (excludes halogenated alkanes) is 1. The molecule has 0 aromatic heterocycles. The molecule has 3 atom stereocenters. The van der Waals surface area contributed by atoms with Gasteiger partial charge in [0, 0.05) is 6.61 Å². The first-order valence-corrected chi connectivity index (χ1v) is 8.61. The fourth-order valence-corrected chi connectivity index (χ4v) is 3.44. The summed E-state index contributed by atoms with van der Waals surface area (Å²) in [6, 6.07) is 9.30. The van der Waals surface area contributed by atoms with Crippen LogP contribution in [-0.4, -0.2) is 41.5 Å². The van der Waals surface area contributed by atoms with Gasteiger partial charge in [0.05, 0.1) is 24.5 Å². The average molecular weight is 350 g/mol. The zero-order valence-electron chi connectivity index (χ0n) is 14.5. The molecule has 1 aliphatic carbocycles. The molecule has 6 heteroatoms. The molecule has 0 aliphatic heterocycles. The maximum atomic E-state index is 12.5. The minimum absolute atomic E-state index is 0.0546. The van der Waals surface area contributed by atoms with Gasteiger partial charge in [0.2, 0.25) is 0 Å². The van der Waals surface area contributed by atoms with Crippen LogP contribution in [0.5, 0.6) is 0 Å². The number of benzene rings is 1. The van der Waals surface area contributed by atoms with Crippen molar-refractivity contribution in [2.24, 2.45) is 11.8 Å². The number of aliphatic hydroxyl groups is 2. The number of rotatable bonds is 8. The predicted molar refractivity (Wildman–Crippen MR) is 90.4 cm³/mol. The molecule has 2 rings (SSSR count). The summed E-state index contributed by atoms with van der Waals surface area (Å²) in [7, 11) is 1.28. The Labute approximate surface area is 147 Å². The largest absolute Gasteiger partial charge is 0.469 e. The topological polar surface area (TPSA) is 93.1 Å². The molecule has 0 radical (unpaired) electrons. The maximum Gasteiger partial charge on any atom is 0.310 e. The van der Waals surface area contributed by atoms with Crippen LogP contribution in [0.15, 0.2) is 30.3 Å². The number of carbonyl (C=O) groups is 2. The second kappa shape index (κ2) is 8.97. The Morgan fingerprint density at radius 1 is 1.12 bits per heavy atom. The molecule has 1 saturated carbocycles. The van der Waals surface area contributed by atoms with E-state index in [2.05, 4.69) is 0 Å². The zero-order valence-corrected chi connectivity index (χ0v) is 14.5. The maximum absolute atomic E-state index is 12.5. The molecule has 6 nitrogen and oxygen atoms in total. The quantitative estimate of drug-likeness (QED) is 0.549. The molecule has 1 aromatic rings. The molecule has 1 aliphatic rings. The van der Waals surface area contributed by atoms with Crippen LogP contribution in [0.25, 0.3) is 0 Å². The summed E-state index contributed by atoms with van der Waals surface area (Å²) in [5.74, 6) is -2.40. The third kappa shape index (κ3) is 5.28. The van der Waals surface area contributed by atoms with Crippen molar-refractivity contribution < 1.29 is 29.3 Å². The minimum atomic E-state index is -1.11. The lowest BCUT2D eigenvalue weighted by atomic mass is 9.93. The highest BCUT2D eigenvalue weighted by Gasteiger charge is 2.51. The Morgan fingerprint density at radius 3 is 2.36 bits per heavy atom. The van der Waals surface area contributed by atoms with E-state index in [1.54, 1.807) is 0 Å². The Balaban J connectivity index is 2.01. The van der Waals surface area contributed by atoms with Crippen molar-refractivity contribution in [3.8, 4) is 0 Å². The van der Waals surface area contributed by atoms with E-state index in [9.17, 15) is 14.7 Å². The monoisotopic (exact) mass is 350 g/mol. The van der Waals surface area contributed by atoms with Gasteiger partial charge in [-0.05, 0) is 37.7 Å². The Bertz CT molecular complexity index is 573. The Hall–Kier alpha value is -1.92. The summed E-state index contributed by atoms with van der Waals surface area (Å²) in [4.78, 5) is 24.5. The highest BCUT2D eigenvalue weighted by Crippen LogP contribution is 2.43. The number of aliphatic hydroxyl groups excluding tert-OH is 1. The van der Waals surface area contributed by atoms with Crippen molar-refractivity contribution in [3.63, 3.8) is 0 Å². The molecular formula is C19H26O6. The van der Waals surface area contributed by atoms with Crippen LogP contribution in [0.1, 0.15) is 37.7 Å². The van der Waals surface area contributed by atoms with Gasteiger partial charge in [-0.1, -0.05) is 30.3 Å². The molecule has 1 fully saturated rings. The first-order valence-electron chi connectivity index (χ1n) is 8.61. The number of methoxy groups -OCH3 is 1. The fourth-order valence-electron chi connectivity index (χ4n) is 3.44. The van der Waals surface area contributed by atoms with Gasteiger partial charge in [-0.15, -0.1) is 0 Å². The van der Waals surface area contributed by atoms with Gasteiger partial charge in [0.1, 0.15) is 6.61 Å². The summed E-state index contributed by atoms with van der Waals surface area (Å²) in [6.45, 7) is 0.187. The molecule has 0 spiro atoms. The van der Waals surface area contributed by atoms with Crippen molar-refractivity contribution in [2.45, 2.75) is 44.3 Å². The van der Waals surface area contributed by atoms with Crippen molar-refractivity contribution in [3.05, 3.63) is 35.9 Å². The molecule has 3 unspecified atom stereocenters. The molecule has 1 aromatic carbocycles. The van der Waals surface area contributed by atoms with Gasteiger partial charge >= 0.3 is 11.9 Å². The van der Waals surface area contributed by atoms with Gasteiger partial charge in [0.25, 0.3) is 0 Å². The lowest BCUT2D eigenvalue weighted by Gasteiger charge is -2.22. The molecule has 0 amide bonds. The first-order chi connectivity index (χ1) is 12.0. The van der Waals surface area contributed by atoms with Gasteiger partial charge < -0.3 is 19.7 Å². The molecule has 0 heterocycles. The predicted octanol–water partition coefficient (Wildman–Crippen LogP) is 1.82. The van der Waals surface area contributed by atoms with Gasteiger partial charge in [0.15, 0.2) is 0 Å². The van der Waals surface area contributed by atoms with Crippen LogP contribution in [0.3, 0.4) is 0 Å². The fraction of sp³-hybridized carbons (Fsp3) is 0.579. The highest BCUT2D eigenvalue weighted by molar-refractivity contribution is 5.83. The van der Waals surface area contributed by atoms with Crippen LogP contribution in [-0.2, 0) is 25.7 Å². The Kier molecular flexibility index (Phi) is 6.96. The van der Waals surface area contributed by atoms with Crippen LogP contribution in [0.2, 0.25) is 0 Å². The summed E-state index contributed by atoms with van der Waals surface area (Å²) in [5, 5.41) is 19.6. The third-order valence-corrected chi connectivity index (χ3v) is 4.77. The molecule has 2 N–H and O–H groups in total. The van der Waals surface area contributed by atoms with Crippen molar-refractivity contribution >= 4 is 11.9 Å². The summed E-state index contributed by atoms with van der Waals surface area (Å²) < 4.78 is 10.2. The lowest BCUT2D eigenvalue weighted by Crippen LogP contribution is -2.27. The van der Waals surface area contributed by atoms with Crippen LogP contribution < -0.4 is 0 Å². The smallest absolute Gasteiger partial charge is 0.310 e. The number of hydrogen-bond acceptors (Lipinski definition) is 6. The highest BCUT2D eigenvalue weighted by atomic mass is 16.5. The molecule has 0 bridgehead atoms. The number of esters is 2. The summed E-state index contributed by atoms with van der Waals surface area (Å²) >= 11 is 0. The molecule has 138 valence electrons. The standard InChI is InChI=1S/C19H26O6/c1-24-17(21)15-11-19(23,9-5-6-10-20)12-16(15)18(22)25-13-14-7-3-2-4-8-14/h2-4,7-8,15-16,20,23H,5-6,9-13H2,1H3. The van der Waals surface area contributed by atoms with E-state index < -0.39 is 29.4 Å². The number of ether oxygens (including phenoxy) is 2. The van der Waals surface area contributed by atoms with E-state index in [0.29, 0.717) is 19.3 Å². The van der Waals surface area contributed by atoms with E-state index >= 15 is 0 Å². The van der Waals surface area contributed by atoms with E-state index in [1.165, 1.54) is 7.11 Å². The zero-order chi connectivity index (χ0) is 18.3. The van der Waals surface area contributed by atoms with E-state index in [-0.39, 0.29) is 26.1 Å². The average Bonchev–Trinajstić information content (AvgIpc) is 2.98. The first kappa shape index (κ1) is 19.4. The van der Waals surface area contributed by atoms with Crippen molar-refractivity contribution in [1.82, 2.24) is 0 Å². The second-order valence-corrected chi connectivity index (χ2v) is 6.64. The molecule has 0 saturated heterocycles. The molecule has 25 heavy (non-hydrogen) atoms. The third-order valence-electron chi connectivity index (χ3n) is 4.77. The van der Waals surface area contributed by atoms with Gasteiger partial charge in [-0.3, -0.25) is 9.59 Å². The van der Waals surface area contributed by atoms with Crippen LogP contribution >= 0.6 is 0 Å². The van der Waals surface area contributed by atoms with Crippen molar-refractivity contribution in [1.29, 1.82) is 0 Å². The van der Waals surface area contributed by atoms with Gasteiger partial charge in [-0.25, -0.2) is 0 Å². The van der Waals surface area contributed by atoms with Crippen LogP contribution in [0.4, 0.5) is 0 Å². The van der Waals surface area contributed by atoms with Gasteiger partial charge in [-0.2, -0.15) is 0 Å². The normalized spacial score (nSPS) is 25.6. The summed E-state index contributed by atoms with van der Waals surface area (Å²) in [6.07, 6.45) is 1.99. The molecular weight excluding hydrogens is 324 g/mol. The Morgan fingerprint density at radius 2 is 1.76 bits per heavy atom. The number of carbonyl (C=O) groups excluding carboxylic acids is 2.